The lowest BCUT2D eigenvalue weighted by molar-refractivity contribution is 0.991. The highest BCUT2D eigenvalue weighted by Crippen LogP contribution is 2.08. The van der Waals surface area contributed by atoms with Gasteiger partial charge in [0.05, 0.1) is 46.9 Å². The first-order chi connectivity index (χ1) is 13.8. The first-order valence-electron chi connectivity index (χ1n) is 8.37. The van der Waals surface area contributed by atoms with E-state index < -0.39 is 0 Å². The van der Waals surface area contributed by atoms with Crippen LogP contribution in [0.3, 0.4) is 0 Å². The van der Waals surface area contributed by atoms with Crippen LogP contribution in [0.15, 0.2) is 76.2 Å². The smallest absolute Gasteiger partial charge is 0.234 e. The number of guanidine groups is 1. The molecule has 9 heteroatoms. The molecule has 0 bridgehead atoms. The molecule has 136 valence electrons. The van der Waals surface area contributed by atoms with Gasteiger partial charge < -0.3 is 5.73 Å². The summed E-state index contributed by atoms with van der Waals surface area (Å²) in [7, 11) is 0. The topological polar surface area (TPSA) is 127 Å². The molecule has 0 radical (unpaired) electrons. The van der Waals surface area contributed by atoms with E-state index >= 15 is 0 Å². The highest BCUT2D eigenvalue weighted by Gasteiger charge is 1.97. The number of nitrogens with zero attached hydrogens (tertiary/aromatic N) is 7. The molecule has 2 aromatic carbocycles. The van der Waals surface area contributed by atoms with Gasteiger partial charge in [-0.05, 0) is 24.3 Å². The summed E-state index contributed by atoms with van der Waals surface area (Å²) in [5.41, 5.74) is 12.7. The minimum atomic E-state index is 0.0231. The first kappa shape index (κ1) is 17.2. The molecule has 28 heavy (non-hydrogen) atoms. The molecule has 4 rings (SSSR count). The standard InChI is InChI=1S/C19H15N9/c20-19(27-23-11-13-9-21-15-5-1-3-7-17(15)25-13)28-24-12-14-10-22-16-6-2-4-8-18(16)26-14/h1-12H,(H3,20,27,28)/b23-11+,24-12+. The van der Waals surface area contributed by atoms with Crippen LogP contribution < -0.4 is 11.2 Å². The summed E-state index contributed by atoms with van der Waals surface area (Å²) in [5, 5.41) is 11.7. The second kappa shape index (κ2) is 7.96. The SMILES string of the molecule is NC(=N/N=C/c1cnc2ccccc2n1)N/N=C/c1cnc2ccccc2n1. The average molecular weight is 369 g/mol. The third kappa shape index (κ3) is 4.10. The summed E-state index contributed by atoms with van der Waals surface area (Å²) in [5.74, 6) is 0.0231. The normalized spacial score (nSPS) is 12.4. The number of hydrazone groups is 1. The number of para-hydroxylation sites is 4. The number of hydrogen-bond acceptors (Lipinski definition) is 7. The zero-order chi connectivity index (χ0) is 19.2. The van der Waals surface area contributed by atoms with Gasteiger partial charge in [0, 0.05) is 0 Å². The molecule has 0 aliphatic heterocycles. The quantitative estimate of drug-likeness (QED) is 0.321. The van der Waals surface area contributed by atoms with E-state index in [0.717, 1.165) is 22.1 Å². The van der Waals surface area contributed by atoms with Gasteiger partial charge in [-0.15, -0.1) is 5.10 Å². The minimum absolute atomic E-state index is 0.0231. The fourth-order valence-corrected chi connectivity index (χ4v) is 2.40. The molecule has 4 aromatic rings. The van der Waals surface area contributed by atoms with Gasteiger partial charge in [0.15, 0.2) is 0 Å². The molecule has 0 amide bonds. The molecule has 3 N–H and O–H groups in total. The van der Waals surface area contributed by atoms with E-state index in [2.05, 4.69) is 40.7 Å². The molecular weight excluding hydrogens is 354 g/mol. The van der Waals surface area contributed by atoms with Crippen LogP contribution >= 0.6 is 0 Å². The lowest BCUT2D eigenvalue weighted by atomic mass is 10.3. The number of nitrogens with one attached hydrogen (secondary N) is 1. The maximum atomic E-state index is 5.72. The molecule has 0 saturated heterocycles. The molecule has 0 spiro atoms. The molecule has 2 aromatic heterocycles. The fourth-order valence-electron chi connectivity index (χ4n) is 2.40. The monoisotopic (exact) mass is 369 g/mol. The van der Waals surface area contributed by atoms with Crippen molar-refractivity contribution >= 4 is 40.5 Å². The number of benzene rings is 2. The molecule has 0 atom stereocenters. The van der Waals surface area contributed by atoms with Gasteiger partial charge in [0.2, 0.25) is 5.96 Å². The third-order valence-corrected chi connectivity index (χ3v) is 3.67. The van der Waals surface area contributed by atoms with Crippen molar-refractivity contribution in [1.82, 2.24) is 25.4 Å². The van der Waals surface area contributed by atoms with Gasteiger partial charge in [-0.2, -0.15) is 10.2 Å². The van der Waals surface area contributed by atoms with Gasteiger partial charge >= 0.3 is 0 Å². The Kier molecular flexibility index (Phi) is 4.88. The molecule has 2 heterocycles. The Bertz CT molecular complexity index is 1210. The van der Waals surface area contributed by atoms with Crippen LogP contribution in [0.5, 0.6) is 0 Å². The summed E-state index contributed by atoms with van der Waals surface area (Å²) in [4.78, 5) is 17.4. The van der Waals surface area contributed by atoms with Crippen molar-refractivity contribution in [2.45, 2.75) is 0 Å². The van der Waals surface area contributed by atoms with Crippen molar-refractivity contribution in [2.24, 2.45) is 21.0 Å². The Morgan fingerprint density at radius 2 is 1.32 bits per heavy atom. The number of fused-ring (bicyclic) bond motifs is 2. The lowest BCUT2D eigenvalue weighted by Crippen LogP contribution is -2.26. The van der Waals surface area contributed by atoms with Crippen molar-refractivity contribution in [3.8, 4) is 0 Å². The molecule has 0 fully saturated rings. The van der Waals surface area contributed by atoms with E-state index in [-0.39, 0.29) is 5.96 Å². The predicted molar refractivity (Wildman–Crippen MR) is 109 cm³/mol. The van der Waals surface area contributed by atoms with Gasteiger partial charge in [0.25, 0.3) is 0 Å². The average Bonchev–Trinajstić information content (AvgIpc) is 2.73. The Morgan fingerprint density at radius 3 is 1.93 bits per heavy atom. The summed E-state index contributed by atoms with van der Waals surface area (Å²) in [6, 6.07) is 15.2. The molecular formula is C19H15N9. The Labute approximate surface area is 159 Å². The maximum Gasteiger partial charge on any atom is 0.234 e. The van der Waals surface area contributed by atoms with Crippen molar-refractivity contribution in [1.29, 1.82) is 0 Å². The summed E-state index contributed by atoms with van der Waals surface area (Å²) in [6.07, 6.45) is 6.20. The molecule has 0 saturated carbocycles. The van der Waals surface area contributed by atoms with E-state index in [4.69, 9.17) is 5.73 Å². The summed E-state index contributed by atoms with van der Waals surface area (Å²) >= 11 is 0. The zero-order valence-corrected chi connectivity index (χ0v) is 14.6. The van der Waals surface area contributed by atoms with Crippen molar-refractivity contribution in [2.75, 3.05) is 0 Å². The largest absolute Gasteiger partial charge is 0.367 e. The molecule has 9 nitrogen and oxygen atoms in total. The predicted octanol–water partition coefficient (Wildman–Crippen LogP) is 1.85. The maximum absolute atomic E-state index is 5.72. The molecule has 0 aliphatic rings. The number of aromatic nitrogens is 4. The van der Waals surface area contributed by atoms with Crippen molar-refractivity contribution in [3.05, 3.63) is 72.3 Å². The van der Waals surface area contributed by atoms with Gasteiger partial charge in [-0.25, -0.2) is 15.4 Å². The van der Waals surface area contributed by atoms with E-state index in [0.29, 0.717) is 11.4 Å². The summed E-state index contributed by atoms with van der Waals surface area (Å²) < 4.78 is 0. The van der Waals surface area contributed by atoms with Crippen LogP contribution in [0.2, 0.25) is 0 Å². The highest BCUT2D eigenvalue weighted by atomic mass is 15.4. The highest BCUT2D eigenvalue weighted by molar-refractivity contribution is 5.85. The molecule has 0 unspecified atom stereocenters. The Morgan fingerprint density at radius 1 is 0.786 bits per heavy atom. The van der Waals surface area contributed by atoms with Crippen LogP contribution in [0.4, 0.5) is 0 Å². The van der Waals surface area contributed by atoms with Crippen molar-refractivity contribution in [3.63, 3.8) is 0 Å². The van der Waals surface area contributed by atoms with Gasteiger partial charge in [-0.3, -0.25) is 9.97 Å². The van der Waals surface area contributed by atoms with E-state index in [9.17, 15) is 0 Å². The number of hydrogen-bond donors (Lipinski definition) is 2. The van der Waals surface area contributed by atoms with Gasteiger partial charge in [-0.1, -0.05) is 24.3 Å². The van der Waals surface area contributed by atoms with Gasteiger partial charge in [0.1, 0.15) is 11.4 Å². The molecule has 0 aliphatic carbocycles. The van der Waals surface area contributed by atoms with Crippen LogP contribution in [-0.4, -0.2) is 38.3 Å². The Balaban J connectivity index is 1.39. The van der Waals surface area contributed by atoms with E-state index in [1.54, 1.807) is 12.4 Å². The summed E-state index contributed by atoms with van der Waals surface area (Å²) in [6.45, 7) is 0. The van der Waals surface area contributed by atoms with Crippen molar-refractivity contribution < 1.29 is 0 Å². The fraction of sp³-hybridized carbons (Fsp3) is 0. The van der Waals surface area contributed by atoms with Crippen LogP contribution in [0, 0.1) is 0 Å². The van der Waals surface area contributed by atoms with E-state index in [1.165, 1.54) is 12.4 Å². The number of rotatable bonds is 4. The van der Waals surface area contributed by atoms with E-state index in [1.807, 2.05) is 48.5 Å². The zero-order valence-electron chi connectivity index (χ0n) is 14.6. The third-order valence-electron chi connectivity index (χ3n) is 3.67. The van der Waals surface area contributed by atoms with Crippen LogP contribution in [0.25, 0.3) is 22.1 Å². The van der Waals surface area contributed by atoms with Crippen LogP contribution in [0.1, 0.15) is 11.4 Å². The minimum Gasteiger partial charge on any atom is -0.367 e. The number of nitrogens with two attached hydrogens (primary N) is 1. The lowest BCUT2D eigenvalue weighted by Gasteiger charge is -1.98. The first-order valence-corrected chi connectivity index (χ1v) is 8.37. The van der Waals surface area contributed by atoms with Crippen LogP contribution in [-0.2, 0) is 0 Å². The Hall–Kier alpha value is -4.27. The second-order valence-electron chi connectivity index (χ2n) is 5.67. The second-order valence-corrected chi connectivity index (χ2v) is 5.67.